The molecule has 0 aliphatic carbocycles. The molecular weight excluding hydrogens is 418 g/mol. The Hall–Kier alpha value is -2.01. The number of methoxy groups -OCH3 is 1. The average Bonchev–Trinajstić information content (AvgIpc) is 2.71. The van der Waals surface area contributed by atoms with Crippen LogP contribution in [0.25, 0.3) is 0 Å². The first-order chi connectivity index (χ1) is 14.4. The molecule has 0 spiro atoms. The summed E-state index contributed by atoms with van der Waals surface area (Å²) < 4.78 is 16.9. The van der Waals surface area contributed by atoms with Gasteiger partial charge < -0.3 is 24.4 Å². The third-order valence-corrected chi connectivity index (χ3v) is 5.00. The maximum atomic E-state index is 13.6. The average molecular weight is 454 g/mol. The van der Waals surface area contributed by atoms with Crippen molar-refractivity contribution in [2.24, 2.45) is 0 Å². The summed E-state index contributed by atoms with van der Waals surface area (Å²) in [7, 11) is 1.65. The Labute approximate surface area is 192 Å². The largest absolute Gasteiger partial charge is 0.490 e. The highest BCUT2D eigenvalue weighted by atomic mass is 35.5. The molecule has 31 heavy (non-hydrogen) atoms. The van der Waals surface area contributed by atoms with E-state index in [1.165, 1.54) is 0 Å². The Balaban J connectivity index is 0.00000480. The molecule has 1 amide bonds. The van der Waals surface area contributed by atoms with Gasteiger partial charge in [0.2, 0.25) is 0 Å². The number of hydrogen-bond acceptors (Lipinski definition) is 6. The first-order valence-corrected chi connectivity index (χ1v) is 10.8. The van der Waals surface area contributed by atoms with Gasteiger partial charge in [0.1, 0.15) is 6.07 Å². The quantitative estimate of drug-likeness (QED) is 0.542. The van der Waals surface area contributed by atoms with E-state index in [9.17, 15) is 10.1 Å². The minimum absolute atomic E-state index is 0. The second-order valence-corrected chi connectivity index (χ2v) is 8.12. The monoisotopic (exact) mass is 453 g/mol. The van der Waals surface area contributed by atoms with Crippen LogP contribution >= 0.6 is 12.4 Å². The summed E-state index contributed by atoms with van der Waals surface area (Å²) in [5.74, 6) is 0.812. The predicted octanol–water partition coefficient (Wildman–Crippen LogP) is 3.79. The molecule has 0 radical (unpaired) electrons. The van der Waals surface area contributed by atoms with E-state index in [1.54, 1.807) is 19.2 Å². The summed E-state index contributed by atoms with van der Waals surface area (Å²) in [5, 5.41) is 13.1. The third kappa shape index (κ3) is 7.57. The number of nitrogens with zero attached hydrogens (tertiary/aromatic N) is 2. The molecule has 1 aromatic carbocycles. The molecule has 174 valence electrons. The first-order valence-electron chi connectivity index (χ1n) is 10.8. The number of nitriles is 1. The maximum absolute atomic E-state index is 13.6. The van der Waals surface area contributed by atoms with Crippen molar-refractivity contribution in [3.05, 3.63) is 23.3 Å². The van der Waals surface area contributed by atoms with E-state index in [2.05, 4.69) is 11.4 Å². The smallest absolute Gasteiger partial charge is 0.255 e. The summed E-state index contributed by atoms with van der Waals surface area (Å²) in [6, 6.07) is 5.58. The Morgan fingerprint density at radius 2 is 2.00 bits per heavy atom. The predicted molar refractivity (Wildman–Crippen MR) is 123 cm³/mol. The minimum atomic E-state index is -0.145. The Kier molecular flexibility index (Phi) is 11.7. The van der Waals surface area contributed by atoms with Crippen LogP contribution < -0.4 is 14.8 Å². The van der Waals surface area contributed by atoms with Crippen molar-refractivity contribution in [1.29, 1.82) is 5.26 Å². The number of halogens is 1. The van der Waals surface area contributed by atoms with Gasteiger partial charge in [-0.3, -0.25) is 4.79 Å². The van der Waals surface area contributed by atoms with E-state index in [-0.39, 0.29) is 36.5 Å². The van der Waals surface area contributed by atoms with Gasteiger partial charge in [0.15, 0.2) is 11.5 Å². The topological polar surface area (TPSA) is 83.8 Å². The highest BCUT2D eigenvalue weighted by Gasteiger charge is 2.30. The van der Waals surface area contributed by atoms with Gasteiger partial charge in [-0.1, -0.05) is 0 Å². The van der Waals surface area contributed by atoms with Crippen LogP contribution in [-0.4, -0.2) is 62.4 Å². The van der Waals surface area contributed by atoms with E-state index in [4.69, 9.17) is 14.2 Å². The summed E-state index contributed by atoms with van der Waals surface area (Å²) in [6.07, 6.45) is 2.61. The molecular formula is C23H36ClN3O4. The molecule has 0 aromatic heterocycles. The third-order valence-electron chi connectivity index (χ3n) is 5.00. The van der Waals surface area contributed by atoms with Crippen LogP contribution in [0.15, 0.2) is 12.1 Å². The van der Waals surface area contributed by atoms with Gasteiger partial charge in [0, 0.05) is 44.8 Å². The van der Waals surface area contributed by atoms with E-state index >= 15 is 0 Å². The van der Waals surface area contributed by atoms with Crippen molar-refractivity contribution < 1.29 is 19.0 Å². The van der Waals surface area contributed by atoms with Crippen LogP contribution in [0.1, 0.15) is 62.9 Å². The van der Waals surface area contributed by atoms with E-state index < -0.39 is 0 Å². The van der Waals surface area contributed by atoms with Crippen molar-refractivity contribution in [1.82, 2.24) is 10.2 Å². The number of rotatable bonds is 10. The van der Waals surface area contributed by atoms with Crippen LogP contribution in [0.2, 0.25) is 0 Å². The van der Waals surface area contributed by atoms with Gasteiger partial charge in [-0.2, -0.15) is 5.26 Å². The van der Waals surface area contributed by atoms with Gasteiger partial charge in [-0.15, -0.1) is 12.4 Å². The Morgan fingerprint density at radius 3 is 2.55 bits per heavy atom. The molecule has 8 heteroatoms. The zero-order valence-corrected chi connectivity index (χ0v) is 20.1. The maximum Gasteiger partial charge on any atom is 0.255 e. The fraction of sp³-hybridized carbons (Fsp3) is 0.652. The highest BCUT2D eigenvalue weighted by Crippen LogP contribution is 2.33. The molecule has 1 fully saturated rings. The highest BCUT2D eigenvalue weighted by molar-refractivity contribution is 5.98. The van der Waals surface area contributed by atoms with Crippen molar-refractivity contribution in [2.75, 3.05) is 33.4 Å². The lowest BCUT2D eigenvalue weighted by Crippen LogP contribution is -2.51. The summed E-state index contributed by atoms with van der Waals surface area (Å²) in [6.45, 7) is 10.6. The normalized spacial score (nSPS) is 15.9. The van der Waals surface area contributed by atoms with Gasteiger partial charge in [-0.05, 0) is 53.1 Å². The van der Waals surface area contributed by atoms with Crippen LogP contribution in [0, 0.1) is 11.3 Å². The number of carbonyl (C=O) groups excluding carboxylic acids is 1. The summed E-state index contributed by atoms with van der Waals surface area (Å²) in [5.41, 5.74) is 0.656. The molecule has 1 heterocycles. The van der Waals surface area contributed by atoms with Crippen molar-refractivity contribution in [2.45, 2.75) is 65.1 Å². The van der Waals surface area contributed by atoms with Crippen LogP contribution in [0.4, 0.5) is 0 Å². The van der Waals surface area contributed by atoms with Crippen molar-refractivity contribution in [3.8, 4) is 17.6 Å². The first kappa shape index (κ1) is 27.0. The van der Waals surface area contributed by atoms with Gasteiger partial charge >= 0.3 is 0 Å². The minimum Gasteiger partial charge on any atom is -0.490 e. The lowest BCUT2D eigenvalue weighted by molar-refractivity contribution is 0.0572. The zero-order valence-electron chi connectivity index (χ0n) is 19.3. The van der Waals surface area contributed by atoms with Gasteiger partial charge in [0.25, 0.3) is 5.91 Å². The van der Waals surface area contributed by atoms with Crippen LogP contribution in [-0.2, 0) is 4.74 Å². The molecule has 1 saturated heterocycles. The summed E-state index contributed by atoms with van der Waals surface area (Å²) in [4.78, 5) is 15.4. The van der Waals surface area contributed by atoms with E-state index in [0.29, 0.717) is 42.3 Å². The zero-order chi connectivity index (χ0) is 22.1. The van der Waals surface area contributed by atoms with Gasteiger partial charge in [0.05, 0.1) is 23.8 Å². The molecule has 0 saturated carbocycles. The van der Waals surface area contributed by atoms with Crippen LogP contribution in [0.5, 0.6) is 11.5 Å². The molecule has 1 atom stereocenters. The van der Waals surface area contributed by atoms with E-state index in [1.807, 2.05) is 32.6 Å². The molecule has 1 aliphatic heterocycles. The number of amides is 1. The van der Waals surface area contributed by atoms with Crippen LogP contribution in [0.3, 0.4) is 0 Å². The second-order valence-electron chi connectivity index (χ2n) is 8.12. The van der Waals surface area contributed by atoms with Gasteiger partial charge in [-0.25, -0.2) is 0 Å². The Morgan fingerprint density at radius 1 is 1.26 bits per heavy atom. The molecule has 1 aromatic rings. The number of hydrogen-bond donors (Lipinski definition) is 1. The molecule has 2 rings (SSSR count). The lowest BCUT2D eigenvalue weighted by atomic mass is 10.00. The molecule has 0 bridgehead atoms. The van der Waals surface area contributed by atoms with Crippen molar-refractivity contribution >= 4 is 18.3 Å². The lowest BCUT2D eigenvalue weighted by Gasteiger charge is -2.38. The molecule has 7 nitrogen and oxygen atoms in total. The number of ether oxygens (including phenoxy) is 3. The fourth-order valence-corrected chi connectivity index (χ4v) is 3.71. The second kappa shape index (κ2) is 13.4. The Bertz CT molecular complexity index is 743. The number of benzene rings is 1. The molecule has 0 unspecified atom stereocenters. The molecule has 1 aliphatic rings. The number of piperidine rings is 1. The number of carbonyl (C=O) groups is 1. The number of nitrogens with one attached hydrogen (secondary N) is 1. The van der Waals surface area contributed by atoms with E-state index in [0.717, 1.165) is 25.9 Å². The van der Waals surface area contributed by atoms with Crippen molar-refractivity contribution in [3.63, 3.8) is 0 Å². The molecule has 1 N–H and O–H groups in total. The standard InChI is InChI=1S/C23H35N3O4.ClH/c1-16(2)26(19-8-6-9-25-15-19)23(27)20-13-21(29-11-7-10-28-5)22(30-17(3)4)12-18(20)14-24;/h12-13,16-17,19,25H,6-11,15H2,1-5H3;1H/t19-;/m1./s1. The SMILES string of the molecule is COCCCOc1cc(C(=O)N(C(C)C)[C@@H]2CCCNC2)c(C#N)cc1OC(C)C.Cl. The fourth-order valence-electron chi connectivity index (χ4n) is 3.71. The summed E-state index contributed by atoms with van der Waals surface area (Å²) >= 11 is 0.